The van der Waals surface area contributed by atoms with Gasteiger partial charge in [-0.25, -0.2) is 0 Å². The van der Waals surface area contributed by atoms with E-state index < -0.39 is 0 Å². The Balaban J connectivity index is 1.37. The molecule has 2 aromatic carbocycles. The van der Waals surface area contributed by atoms with Gasteiger partial charge in [-0.05, 0) is 62.7 Å². The lowest BCUT2D eigenvalue weighted by Crippen LogP contribution is -2.40. The molecule has 2 aliphatic rings. The van der Waals surface area contributed by atoms with Gasteiger partial charge in [-0.3, -0.25) is 14.5 Å². The van der Waals surface area contributed by atoms with E-state index in [4.69, 9.17) is 0 Å². The van der Waals surface area contributed by atoms with Gasteiger partial charge in [0.15, 0.2) is 0 Å². The second-order valence-electron chi connectivity index (χ2n) is 8.37. The van der Waals surface area contributed by atoms with Crippen molar-refractivity contribution in [2.45, 2.75) is 61.3 Å². The van der Waals surface area contributed by atoms with Crippen molar-refractivity contribution >= 4 is 29.3 Å². The third kappa shape index (κ3) is 5.31. The van der Waals surface area contributed by atoms with E-state index in [1.54, 1.807) is 17.8 Å². The fraction of sp³-hybridized carbons (Fsp3) is 0.440. The number of nitrogens with zero attached hydrogens (tertiary/aromatic N) is 1. The van der Waals surface area contributed by atoms with Crippen LogP contribution in [0.5, 0.6) is 0 Å². The average Bonchev–Trinajstić information content (AvgIpc) is 3.17. The van der Waals surface area contributed by atoms with E-state index in [0.717, 1.165) is 29.3 Å². The van der Waals surface area contributed by atoms with Crippen LogP contribution in [0.25, 0.3) is 0 Å². The van der Waals surface area contributed by atoms with Crippen LogP contribution < -0.4 is 10.6 Å². The zero-order valence-electron chi connectivity index (χ0n) is 18.2. The fourth-order valence-electron chi connectivity index (χ4n) is 4.38. The van der Waals surface area contributed by atoms with E-state index in [2.05, 4.69) is 22.5 Å². The van der Waals surface area contributed by atoms with Crippen LogP contribution in [0.4, 0.5) is 5.69 Å². The topological polar surface area (TPSA) is 61.4 Å². The van der Waals surface area contributed by atoms with Crippen molar-refractivity contribution in [1.29, 1.82) is 0 Å². The standard InChI is InChI=1S/C25H31N3O2S/c1-2-3-4-7-14-28-15-8-9-19(28)17-26-24(29)18-12-13-23-21(16-18)27-25(30)20-10-5-6-11-22(20)31-23/h5-6,10-13,16,19H,2-4,7-9,14-15,17H2,1H3,(H,26,29)(H,27,30). The van der Waals surface area contributed by atoms with Crippen LogP contribution in [0.1, 0.15) is 66.2 Å². The summed E-state index contributed by atoms with van der Waals surface area (Å²) in [6, 6.07) is 13.6. The molecule has 1 atom stereocenters. The van der Waals surface area contributed by atoms with E-state index in [1.165, 1.54) is 32.1 Å². The van der Waals surface area contributed by atoms with Gasteiger partial charge in [0, 0.05) is 27.9 Å². The Kier molecular flexibility index (Phi) is 7.30. The van der Waals surface area contributed by atoms with Crippen LogP contribution in [-0.4, -0.2) is 42.4 Å². The Hall–Kier alpha value is -2.31. The maximum absolute atomic E-state index is 12.8. The highest BCUT2D eigenvalue weighted by molar-refractivity contribution is 7.99. The van der Waals surface area contributed by atoms with Crippen LogP contribution in [-0.2, 0) is 0 Å². The summed E-state index contributed by atoms with van der Waals surface area (Å²) < 4.78 is 0. The van der Waals surface area contributed by atoms with E-state index in [1.807, 2.05) is 36.4 Å². The lowest BCUT2D eigenvalue weighted by atomic mass is 10.1. The first kappa shape index (κ1) is 21.9. The summed E-state index contributed by atoms with van der Waals surface area (Å²) in [6.45, 7) is 5.17. The summed E-state index contributed by atoms with van der Waals surface area (Å²) in [5, 5.41) is 6.09. The zero-order valence-corrected chi connectivity index (χ0v) is 19.0. The Morgan fingerprint density at radius 3 is 2.90 bits per heavy atom. The molecule has 2 N–H and O–H groups in total. The number of amides is 2. The van der Waals surface area contributed by atoms with Crippen molar-refractivity contribution in [3.63, 3.8) is 0 Å². The Morgan fingerprint density at radius 1 is 1.16 bits per heavy atom. The van der Waals surface area contributed by atoms with Crippen molar-refractivity contribution < 1.29 is 9.59 Å². The molecule has 2 aromatic rings. The molecular formula is C25H31N3O2S. The van der Waals surface area contributed by atoms with Gasteiger partial charge in [0.25, 0.3) is 11.8 Å². The molecule has 0 bridgehead atoms. The number of unbranched alkanes of at least 4 members (excludes halogenated alkanes) is 3. The molecule has 4 rings (SSSR count). The lowest BCUT2D eigenvalue weighted by Gasteiger charge is -2.24. The smallest absolute Gasteiger partial charge is 0.256 e. The highest BCUT2D eigenvalue weighted by atomic mass is 32.2. The first-order chi connectivity index (χ1) is 15.2. The minimum atomic E-state index is -0.135. The highest BCUT2D eigenvalue weighted by Gasteiger charge is 2.25. The largest absolute Gasteiger partial charge is 0.350 e. The molecule has 31 heavy (non-hydrogen) atoms. The molecule has 2 amide bonds. The Morgan fingerprint density at radius 2 is 2.03 bits per heavy atom. The highest BCUT2D eigenvalue weighted by Crippen LogP contribution is 2.39. The molecule has 0 saturated carbocycles. The third-order valence-electron chi connectivity index (χ3n) is 6.14. The second kappa shape index (κ2) is 10.3. The van der Waals surface area contributed by atoms with Gasteiger partial charge in [0.1, 0.15) is 0 Å². The van der Waals surface area contributed by atoms with Crippen LogP contribution in [0.15, 0.2) is 52.3 Å². The number of nitrogens with one attached hydrogen (secondary N) is 2. The molecule has 0 aliphatic carbocycles. The van der Waals surface area contributed by atoms with Gasteiger partial charge in [-0.1, -0.05) is 50.1 Å². The Labute approximate surface area is 189 Å². The SMILES string of the molecule is CCCCCCN1CCCC1CNC(=O)c1ccc2c(c1)NC(=O)c1ccccc1S2. The first-order valence-corrected chi connectivity index (χ1v) is 12.2. The van der Waals surface area contributed by atoms with Gasteiger partial charge in [-0.2, -0.15) is 0 Å². The first-order valence-electron chi connectivity index (χ1n) is 11.4. The lowest BCUT2D eigenvalue weighted by molar-refractivity contribution is 0.0939. The molecule has 1 fully saturated rings. The normalized spacial score (nSPS) is 18.1. The predicted molar refractivity (Wildman–Crippen MR) is 126 cm³/mol. The maximum Gasteiger partial charge on any atom is 0.256 e. The number of rotatable bonds is 8. The molecule has 1 saturated heterocycles. The van der Waals surface area contributed by atoms with Crippen molar-refractivity contribution in [2.75, 3.05) is 25.0 Å². The number of carbonyl (C=O) groups excluding carboxylic acids is 2. The van der Waals surface area contributed by atoms with Gasteiger partial charge in [-0.15, -0.1) is 0 Å². The molecular weight excluding hydrogens is 406 g/mol. The minimum absolute atomic E-state index is 0.0818. The number of hydrogen-bond acceptors (Lipinski definition) is 4. The molecule has 0 spiro atoms. The summed E-state index contributed by atoms with van der Waals surface area (Å²) in [6.07, 6.45) is 7.43. The number of benzene rings is 2. The second-order valence-corrected chi connectivity index (χ2v) is 9.45. The van der Waals surface area contributed by atoms with Crippen molar-refractivity contribution in [1.82, 2.24) is 10.2 Å². The molecule has 164 valence electrons. The van der Waals surface area contributed by atoms with Gasteiger partial charge in [0.2, 0.25) is 0 Å². The molecule has 0 aromatic heterocycles. The molecule has 6 heteroatoms. The minimum Gasteiger partial charge on any atom is -0.350 e. The van der Waals surface area contributed by atoms with Crippen LogP contribution in [0, 0.1) is 0 Å². The monoisotopic (exact) mass is 437 g/mol. The number of anilines is 1. The van der Waals surface area contributed by atoms with E-state index in [9.17, 15) is 9.59 Å². The summed E-state index contributed by atoms with van der Waals surface area (Å²) in [4.78, 5) is 29.8. The summed E-state index contributed by atoms with van der Waals surface area (Å²) in [7, 11) is 0. The molecule has 2 heterocycles. The summed E-state index contributed by atoms with van der Waals surface area (Å²) in [5.41, 5.74) is 1.94. The molecule has 1 unspecified atom stereocenters. The third-order valence-corrected chi connectivity index (χ3v) is 7.29. The summed E-state index contributed by atoms with van der Waals surface area (Å²) in [5.74, 6) is -0.217. The number of hydrogen-bond donors (Lipinski definition) is 2. The predicted octanol–water partition coefficient (Wildman–Crippen LogP) is 5.18. The van der Waals surface area contributed by atoms with E-state index >= 15 is 0 Å². The molecule has 2 aliphatic heterocycles. The van der Waals surface area contributed by atoms with Gasteiger partial charge >= 0.3 is 0 Å². The zero-order chi connectivity index (χ0) is 21.6. The molecule has 5 nitrogen and oxygen atoms in total. The molecule has 0 radical (unpaired) electrons. The van der Waals surface area contributed by atoms with Crippen LogP contribution in [0.2, 0.25) is 0 Å². The maximum atomic E-state index is 12.8. The quantitative estimate of drug-likeness (QED) is 0.559. The Bertz CT molecular complexity index is 946. The van der Waals surface area contributed by atoms with Gasteiger partial charge < -0.3 is 10.6 Å². The number of carbonyl (C=O) groups is 2. The van der Waals surface area contributed by atoms with Gasteiger partial charge in [0.05, 0.1) is 11.3 Å². The summed E-state index contributed by atoms with van der Waals surface area (Å²) >= 11 is 1.55. The fourth-order valence-corrected chi connectivity index (χ4v) is 5.39. The van der Waals surface area contributed by atoms with Crippen molar-refractivity contribution in [3.8, 4) is 0 Å². The van der Waals surface area contributed by atoms with Crippen LogP contribution in [0.3, 0.4) is 0 Å². The van der Waals surface area contributed by atoms with E-state index in [0.29, 0.717) is 29.4 Å². The van der Waals surface area contributed by atoms with Crippen molar-refractivity contribution in [3.05, 3.63) is 53.6 Å². The van der Waals surface area contributed by atoms with Crippen LogP contribution >= 0.6 is 11.8 Å². The number of fused-ring (bicyclic) bond motifs is 2. The average molecular weight is 438 g/mol. The number of likely N-dealkylation sites (tertiary alicyclic amines) is 1. The van der Waals surface area contributed by atoms with E-state index in [-0.39, 0.29) is 11.8 Å². The van der Waals surface area contributed by atoms with Crippen molar-refractivity contribution in [2.24, 2.45) is 0 Å².